The molecule has 2 rings (SSSR count). The third-order valence-corrected chi connectivity index (χ3v) is 1.48. The third kappa shape index (κ3) is 1.29. The van der Waals surface area contributed by atoms with Gasteiger partial charge in [-0.25, -0.2) is 4.63 Å². The summed E-state index contributed by atoms with van der Waals surface area (Å²) in [5.74, 6) is 0.806. The van der Waals surface area contributed by atoms with E-state index in [1.807, 2.05) is 0 Å². The van der Waals surface area contributed by atoms with Crippen LogP contribution in [0, 0.1) is 6.92 Å². The lowest BCUT2D eigenvalue weighted by molar-refractivity contribution is 0.303. The number of rotatable bonds is 2. The first-order valence-corrected chi connectivity index (χ1v) is 3.63. The highest BCUT2D eigenvalue weighted by molar-refractivity contribution is 5.48. The fourth-order valence-corrected chi connectivity index (χ4v) is 0.896. The van der Waals surface area contributed by atoms with Crippen LogP contribution in [0.5, 0.6) is 0 Å². The lowest BCUT2D eigenvalue weighted by Crippen LogP contribution is -1.98. The Morgan fingerprint density at radius 2 is 2.15 bits per heavy atom. The standard InChI is InChI=1S/C6H7N5O2/c1-3-8-6(12-9-3)5-4(2-7)10-13-11-5/h2,7H2,1H3. The molecule has 2 aromatic heterocycles. The summed E-state index contributed by atoms with van der Waals surface area (Å²) in [6.45, 7) is 1.93. The number of aromatic nitrogens is 4. The van der Waals surface area contributed by atoms with Gasteiger partial charge in [0.25, 0.3) is 5.89 Å². The molecule has 2 aromatic rings. The van der Waals surface area contributed by atoms with Crippen molar-refractivity contribution in [3.8, 4) is 11.6 Å². The minimum absolute atomic E-state index is 0.222. The van der Waals surface area contributed by atoms with Gasteiger partial charge in [0.15, 0.2) is 11.5 Å². The molecule has 0 radical (unpaired) electrons. The molecule has 0 aliphatic heterocycles. The van der Waals surface area contributed by atoms with Crippen molar-refractivity contribution in [3.05, 3.63) is 11.5 Å². The van der Waals surface area contributed by atoms with Gasteiger partial charge in [-0.15, -0.1) is 0 Å². The van der Waals surface area contributed by atoms with Gasteiger partial charge in [-0.1, -0.05) is 10.3 Å². The lowest BCUT2D eigenvalue weighted by Gasteiger charge is -1.86. The van der Waals surface area contributed by atoms with Crippen LogP contribution in [0.4, 0.5) is 0 Å². The highest BCUT2D eigenvalue weighted by Gasteiger charge is 2.16. The normalized spacial score (nSPS) is 10.6. The Morgan fingerprint density at radius 1 is 1.31 bits per heavy atom. The summed E-state index contributed by atoms with van der Waals surface area (Å²) in [5.41, 5.74) is 6.30. The zero-order valence-corrected chi connectivity index (χ0v) is 6.89. The molecule has 7 heteroatoms. The van der Waals surface area contributed by atoms with Gasteiger partial charge >= 0.3 is 0 Å². The lowest BCUT2D eigenvalue weighted by atomic mass is 10.3. The van der Waals surface area contributed by atoms with E-state index in [2.05, 4.69) is 25.1 Å². The van der Waals surface area contributed by atoms with Crippen LogP contribution in [0.3, 0.4) is 0 Å². The second-order valence-corrected chi connectivity index (χ2v) is 2.41. The maximum Gasteiger partial charge on any atom is 0.282 e. The molecule has 0 aromatic carbocycles. The summed E-state index contributed by atoms with van der Waals surface area (Å²) in [6, 6.07) is 0. The molecule has 0 aliphatic carbocycles. The van der Waals surface area contributed by atoms with Crippen LogP contribution in [0.2, 0.25) is 0 Å². The topological polar surface area (TPSA) is 104 Å². The molecule has 0 bridgehead atoms. The summed E-state index contributed by atoms with van der Waals surface area (Å²) in [6.07, 6.45) is 0. The summed E-state index contributed by atoms with van der Waals surface area (Å²) in [4.78, 5) is 3.97. The van der Waals surface area contributed by atoms with Gasteiger partial charge in [0, 0.05) is 6.54 Å². The van der Waals surface area contributed by atoms with Gasteiger partial charge in [-0.3, -0.25) is 0 Å². The van der Waals surface area contributed by atoms with Crippen molar-refractivity contribution in [1.82, 2.24) is 20.5 Å². The molecular weight excluding hydrogens is 174 g/mol. The minimum atomic E-state index is 0.222. The summed E-state index contributed by atoms with van der Waals surface area (Å²) >= 11 is 0. The maximum atomic E-state index is 5.39. The van der Waals surface area contributed by atoms with E-state index in [9.17, 15) is 0 Å². The van der Waals surface area contributed by atoms with Crippen LogP contribution in [0.15, 0.2) is 9.15 Å². The summed E-state index contributed by atoms with van der Waals surface area (Å²) < 4.78 is 9.36. The fourth-order valence-electron chi connectivity index (χ4n) is 0.896. The van der Waals surface area contributed by atoms with Gasteiger partial charge in [0.05, 0.1) is 0 Å². The summed E-state index contributed by atoms with van der Waals surface area (Å²) in [5, 5.41) is 10.8. The molecule has 0 atom stereocenters. The van der Waals surface area contributed by atoms with E-state index in [0.717, 1.165) is 0 Å². The van der Waals surface area contributed by atoms with Crippen molar-refractivity contribution in [2.75, 3.05) is 0 Å². The number of nitrogens with zero attached hydrogens (tertiary/aromatic N) is 4. The van der Waals surface area contributed by atoms with Crippen molar-refractivity contribution >= 4 is 0 Å². The van der Waals surface area contributed by atoms with E-state index in [1.165, 1.54) is 0 Å². The molecule has 0 spiro atoms. The molecule has 13 heavy (non-hydrogen) atoms. The van der Waals surface area contributed by atoms with Gasteiger partial charge in [-0.05, 0) is 12.1 Å². The summed E-state index contributed by atoms with van der Waals surface area (Å²) in [7, 11) is 0. The fraction of sp³-hybridized carbons (Fsp3) is 0.333. The zero-order valence-electron chi connectivity index (χ0n) is 6.89. The predicted octanol–water partition coefficient (Wildman–Crippen LogP) is -0.113. The Labute approximate surface area is 72.9 Å². The van der Waals surface area contributed by atoms with Crippen molar-refractivity contribution in [2.45, 2.75) is 13.5 Å². The zero-order chi connectivity index (χ0) is 9.26. The molecule has 7 nitrogen and oxygen atoms in total. The molecule has 2 heterocycles. The van der Waals surface area contributed by atoms with E-state index < -0.39 is 0 Å². The van der Waals surface area contributed by atoms with Crippen LogP contribution < -0.4 is 5.73 Å². The highest BCUT2D eigenvalue weighted by Crippen LogP contribution is 2.17. The Bertz CT molecular complexity index is 407. The maximum absolute atomic E-state index is 5.39. The first-order valence-electron chi connectivity index (χ1n) is 3.63. The highest BCUT2D eigenvalue weighted by atomic mass is 16.6. The SMILES string of the molecule is Cc1noc(-c2nonc2CN)n1. The van der Waals surface area contributed by atoms with Gasteiger partial charge in [-0.2, -0.15) is 4.98 Å². The van der Waals surface area contributed by atoms with Crippen LogP contribution >= 0.6 is 0 Å². The van der Waals surface area contributed by atoms with E-state index in [1.54, 1.807) is 6.92 Å². The predicted molar refractivity (Wildman–Crippen MR) is 40.2 cm³/mol. The molecule has 68 valence electrons. The average Bonchev–Trinajstić information content (AvgIpc) is 2.71. The Morgan fingerprint density at radius 3 is 2.77 bits per heavy atom. The van der Waals surface area contributed by atoms with E-state index >= 15 is 0 Å². The van der Waals surface area contributed by atoms with Gasteiger partial charge in [0.2, 0.25) is 0 Å². The molecule has 0 amide bonds. The van der Waals surface area contributed by atoms with Crippen LogP contribution in [0.1, 0.15) is 11.5 Å². The first-order chi connectivity index (χ1) is 6.31. The van der Waals surface area contributed by atoms with Crippen molar-refractivity contribution in [2.24, 2.45) is 5.73 Å². The van der Waals surface area contributed by atoms with E-state index in [-0.39, 0.29) is 12.4 Å². The minimum Gasteiger partial charge on any atom is -0.332 e. The number of hydrogen-bond donors (Lipinski definition) is 1. The molecule has 0 saturated heterocycles. The average molecular weight is 181 g/mol. The molecule has 0 fully saturated rings. The van der Waals surface area contributed by atoms with Gasteiger partial charge < -0.3 is 10.3 Å². The van der Waals surface area contributed by atoms with Crippen LogP contribution in [-0.4, -0.2) is 20.5 Å². The Balaban J connectivity index is 2.45. The van der Waals surface area contributed by atoms with Crippen molar-refractivity contribution in [3.63, 3.8) is 0 Å². The second-order valence-electron chi connectivity index (χ2n) is 2.41. The monoisotopic (exact) mass is 181 g/mol. The smallest absolute Gasteiger partial charge is 0.282 e. The molecule has 0 saturated carbocycles. The number of nitrogens with two attached hydrogens (primary N) is 1. The van der Waals surface area contributed by atoms with Crippen molar-refractivity contribution < 1.29 is 9.15 Å². The molecule has 0 aliphatic rings. The Kier molecular flexibility index (Phi) is 1.78. The number of aryl methyl sites for hydroxylation is 1. The van der Waals surface area contributed by atoms with Crippen LogP contribution in [-0.2, 0) is 6.54 Å². The quantitative estimate of drug-likeness (QED) is 0.688. The third-order valence-electron chi connectivity index (χ3n) is 1.48. The van der Waals surface area contributed by atoms with E-state index in [0.29, 0.717) is 17.2 Å². The van der Waals surface area contributed by atoms with Crippen LogP contribution in [0.25, 0.3) is 11.6 Å². The Hall–Kier alpha value is -1.76. The second kappa shape index (κ2) is 2.94. The first kappa shape index (κ1) is 7.87. The largest absolute Gasteiger partial charge is 0.332 e. The molecular formula is C6H7N5O2. The van der Waals surface area contributed by atoms with Gasteiger partial charge in [0.1, 0.15) is 5.69 Å². The molecule has 2 N–H and O–H groups in total. The number of hydrogen-bond acceptors (Lipinski definition) is 7. The van der Waals surface area contributed by atoms with Crippen molar-refractivity contribution in [1.29, 1.82) is 0 Å². The molecule has 0 unspecified atom stereocenters. The van der Waals surface area contributed by atoms with E-state index in [4.69, 9.17) is 10.3 Å².